The highest BCUT2D eigenvalue weighted by Crippen LogP contribution is 2.16. The molecule has 0 aliphatic rings. The molecule has 0 saturated carbocycles. The average molecular weight is 458 g/mol. The van der Waals surface area contributed by atoms with Gasteiger partial charge in [0.1, 0.15) is 0 Å². The minimum absolute atomic E-state index is 0.165. The van der Waals surface area contributed by atoms with Crippen molar-refractivity contribution < 1.29 is 13.2 Å². The van der Waals surface area contributed by atoms with Crippen molar-refractivity contribution in [2.24, 2.45) is 5.10 Å². The van der Waals surface area contributed by atoms with E-state index >= 15 is 0 Å². The summed E-state index contributed by atoms with van der Waals surface area (Å²) >= 11 is 3.36. The molecule has 0 unspecified atom stereocenters. The lowest BCUT2D eigenvalue weighted by atomic mass is 10.2. The van der Waals surface area contributed by atoms with Crippen LogP contribution in [0, 0.1) is 0 Å². The average Bonchev–Trinajstić information content (AvgIpc) is 2.69. The monoisotopic (exact) mass is 457 g/mol. The maximum Gasteiger partial charge on any atom is 0.271 e. The predicted octanol–water partition coefficient (Wildman–Crippen LogP) is 4.01. The van der Waals surface area contributed by atoms with Crippen molar-refractivity contribution in [1.29, 1.82) is 0 Å². The predicted molar refractivity (Wildman–Crippen MR) is 113 cm³/mol. The summed E-state index contributed by atoms with van der Waals surface area (Å²) in [5, 5.41) is 3.92. The summed E-state index contributed by atoms with van der Waals surface area (Å²) in [6, 6.07) is 21.6. The molecule has 8 heteroatoms. The van der Waals surface area contributed by atoms with E-state index in [9.17, 15) is 13.2 Å². The number of nitrogens with zero attached hydrogens (tertiary/aromatic N) is 1. The van der Waals surface area contributed by atoms with Gasteiger partial charge in [-0.2, -0.15) is 5.10 Å². The molecule has 0 spiro atoms. The highest BCUT2D eigenvalue weighted by atomic mass is 79.9. The first kappa shape index (κ1) is 19.8. The zero-order valence-electron chi connectivity index (χ0n) is 14.5. The van der Waals surface area contributed by atoms with E-state index in [4.69, 9.17) is 0 Å². The minimum atomic E-state index is -3.67. The minimum Gasteiger partial charge on any atom is -0.280 e. The van der Waals surface area contributed by atoms with Crippen molar-refractivity contribution in [3.8, 4) is 0 Å². The molecule has 0 bridgehead atoms. The first-order chi connectivity index (χ1) is 13.4. The number of hydrogen-bond acceptors (Lipinski definition) is 4. The number of carbonyl (C=O) groups excluding carboxylic acids is 1. The smallest absolute Gasteiger partial charge is 0.271 e. The van der Waals surface area contributed by atoms with Crippen LogP contribution >= 0.6 is 15.9 Å². The lowest BCUT2D eigenvalue weighted by Gasteiger charge is -2.08. The highest BCUT2D eigenvalue weighted by molar-refractivity contribution is 9.10. The molecular weight excluding hydrogens is 442 g/mol. The maximum atomic E-state index is 12.3. The standard InChI is InChI=1S/C20H16BrN3O3S/c21-17-6-4-5-15(13-17)14-22-23-20(25)16-9-11-18(12-10-16)24-28(26,27)19-7-2-1-3-8-19/h1-14,24H,(H,23,25)/b22-14+. The van der Waals surface area contributed by atoms with E-state index < -0.39 is 15.9 Å². The van der Waals surface area contributed by atoms with E-state index in [1.807, 2.05) is 24.3 Å². The molecule has 0 radical (unpaired) electrons. The molecule has 2 N–H and O–H groups in total. The van der Waals surface area contributed by atoms with Gasteiger partial charge in [-0.15, -0.1) is 0 Å². The molecule has 3 rings (SSSR count). The Balaban J connectivity index is 1.63. The van der Waals surface area contributed by atoms with Crippen molar-refractivity contribution in [1.82, 2.24) is 5.43 Å². The number of halogens is 1. The van der Waals surface area contributed by atoms with Crippen molar-refractivity contribution in [2.45, 2.75) is 4.90 Å². The van der Waals surface area contributed by atoms with Crippen molar-refractivity contribution in [3.63, 3.8) is 0 Å². The van der Waals surface area contributed by atoms with Gasteiger partial charge in [0, 0.05) is 15.7 Å². The summed E-state index contributed by atoms with van der Waals surface area (Å²) in [4.78, 5) is 12.3. The zero-order chi connectivity index (χ0) is 20.0. The van der Waals surface area contributed by atoms with E-state index in [1.165, 1.54) is 42.6 Å². The van der Waals surface area contributed by atoms with E-state index in [0.29, 0.717) is 11.3 Å². The lowest BCUT2D eigenvalue weighted by Crippen LogP contribution is -2.18. The summed E-state index contributed by atoms with van der Waals surface area (Å²) in [6.07, 6.45) is 1.53. The number of hydrogen-bond donors (Lipinski definition) is 2. The molecule has 0 aliphatic carbocycles. The Bertz CT molecular complexity index is 1100. The van der Waals surface area contributed by atoms with E-state index in [0.717, 1.165) is 10.0 Å². The number of carbonyl (C=O) groups is 1. The molecule has 0 heterocycles. The van der Waals surface area contributed by atoms with Crippen LogP contribution in [0.25, 0.3) is 0 Å². The van der Waals surface area contributed by atoms with Crippen LogP contribution in [0.1, 0.15) is 15.9 Å². The van der Waals surface area contributed by atoms with Gasteiger partial charge in [-0.1, -0.05) is 46.3 Å². The number of amides is 1. The Labute approximate surface area is 171 Å². The summed E-state index contributed by atoms with van der Waals surface area (Å²) < 4.78 is 28.0. The molecule has 6 nitrogen and oxygen atoms in total. The number of rotatable bonds is 6. The Hall–Kier alpha value is -2.97. The Kier molecular flexibility index (Phi) is 6.23. The van der Waals surface area contributed by atoms with Gasteiger partial charge in [0.25, 0.3) is 15.9 Å². The Morgan fingerprint density at radius 1 is 0.929 bits per heavy atom. The largest absolute Gasteiger partial charge is 0.280 e. The van der Waals surface area contributed by atoms with Gasteiger partial charge in [-0.05, 0) is 54.1 Å². The second-order valence-corrected chi connectivity index (χ2v) is 8.35. The van der Waals surface area contributed by atoms with Crippen LogP contribution in [0.2, 0.25) is 0 Å². The third-order valence-electron chi connectivity index (χ3n) is 3.68. The number of benzene rings is 3. The van der Waals surface area contributed by atoms with Gasteiger partial charge in [0.05, 0.1) is 11.1 Å². The fourth-order valence-electron chi connectivity index (χ4n) is 2.32. The van der Waals surface area contributed by atoms with Gasteiger partial charge < -0.3 is 0 Å². The molecule has 3 aromatic rings. The number of nitrogens with one attached hydrogen (secondary N) is 2. The second kappa shape index (κ2) is 8.81. The van der Waals surface area contributed by atoms with Crippen molar-refractivity contribution in [2.75, 3.05) is 4.72 Å². The van der Waals surface area contributed by atoms with E-state index in [2.05, 4.69) is 31.2 Å². The summed E-state index contributed by atoms with van der Waals surface area (Å²) in [6.45, 7) is 0. The van der Waals surface area contributed by atoms with Crippen molar-refractivity contribution >= 4 is 43.8 Å². The van der Waals surface area contributed by atoms with Crippen LogP contribution in [0.4, 0.5) is 5.69 Å². The molecular formula is C20H16BrN3O3S. The third-order valence-corrected chi connectivity index (χ3v) is 5.57. The van der Waals surface area contributed by atoms with E-state index in [1.54, 1.807) is 18.2 Å². The van der Waals surface area contributed by atoms with Gasteiger partial charge in [0.15, 0.2) is 0 Å². The van der Waals surface area contributed by atoms with Crippen LogP contribution < -0.4 is 10.1 Å². The molecule has 28 heavy (non-hydrogen) atoms. The fourth-order valence-corrected chi connectivity index (χ4v) is 3.82. The van der Waals surface area contributed by atoms with Crippen molar-refractivity contribution in [3.05, 3.63) is 94.5 Å². The molecule has 0 aromatic heterocycles. The second-order valence-electron chi connectivity index (χ2n) is 5.75. The summed E-state index contributed by atoms with van der Waals surface area (Å²) in [7, 11) is -3.67. The van der Waals surface area contributed by atoms with Crippen LogP contribution in [-0.2, 0) is 10.0 Å². The normalized spacial score (nSPS) is 11.3. The molecule has 0 fully saturated rings. The summed E-state index contributed by atoms with van der Waals surface area (Å²) in [5.41, 5.74) is 3.99. The Morgan fingerprint density at radius 3 is 2.32 bits per heavy atom. The SMILES string of the molecule is O=C(N/N=C/c1cccc(Br)c1)c1ccc(NS(=O)(=O)c2ccccc2)cc1. The molecule has 3 aromatic carbocycles. The Morgan fingerprint density at radius 2 is 1.64 bits per heavy atom. The van der Waals surface area contributed by atoms with Crippen LogP contribution in [-0.4, -0.2) is 20.5 Å². The number of sulfonamides is 1. The topological polar surface area (TPSA) is 87.6 Å². The van der Waals surface area contributed by atoms with Gasteiger partial charge >= 0.3 is 0 Å². The molecule has 142 valence electrons. The van der Waals surface area contributed by atoms with Gasteiger partial charge in [0.2, 0.25) is 0 Å². The summed E-state index contributed by atoms with van der Waals surface area (Å²) in [5.74, 6) is -0.399. The van der Waals surface area contributed by atoms with Gasteiger partial charge in [-0.3, -0.25) is 9.52 Å². The van der Waals surface area contributed by atoms with Crippen LogP contribution in [0.15, 0.2) is 93.3 Å². The molecule has 0 aliphatic heterocycles. The van der Waals surface area contributed by atoms with E-state index in [-0.39, 0.29) is 4.90 Å². The molecule has 0 saturated heterocycles. The van der Waals surface area contributed by atoms with Gasteiger partial charge in [-0.25, -0.2) is 13.8 Å². The van der Waals surface area contributed by atoms with Crippen LogP contribution in [0.3, 0.4) is 0 Å². The molecule has 1 amide bonds. The van der Waals surface area contributed by atoms with Crippen LogP contribution in [0.5, 0.6) is 0 Å². The quantitative estimate of drug-likeness (QED) is 0.432. The fraction of sp³-hybridized carbons (Fsp3) is 0. The zero-order valence-corrected chi connectivity index (χ0v) is 16.9. The molecule has 0 atom stereocenters. The first-order valence-electron chi connectivity index (χ1n) is 8.21. The highest BCUT2D eigenvalue weighted by Gasteiger charge is 2.13. The number of anilines is 1. The third kappa shape index (κ3) is 5.28. The number of hydrazone groups is 1. The lowest BCUT2D eigenvalue weighted by molar-refractivity contribution is 0.0955. The first-order valence-corrected chi connectivity index (χ1v) is 10.5. The maximum absolute atomic E-state index is 12.3.